The first-order valence-corrected chi connectivity index (χ1v) is 7.42. The third-order valence-electron chi connectivity index (χ3n) is 4.54. The lowest BCUT2D eigenvalue weighted by Crippen LogP contribution is -2.58. The Bertz CT molecular complexity index is 509. The average Bonchev–Trinajstić information content (AvgIpc) is 2.49. The first-order chi connectivity index (χ1) is 9.68. The van der Waals surface area contributed by atoms with E-state index < -0.39 is 6.10 Å². The highest BCUT2D eigenvalue weighted by Crippen LogP contribution is 2.29. The lowest BCUT2D eigenvalue weighted by atomic mass is 9.95. The van der Waals surface area contributed by atoms with Crippen molar-refractivity contribution in [3.63, 3.8) is 0 Å². The Morgan fingerprint density at radius 3 is 2.90 bits per heavy atom. The Balaban J connectivity index is 0.00000161. The van der Waals surface area contributed by atoms with Crippen LogP contribution in [0.4, 0.5) is 0 Å². The highest BCUT2D eigenvalue weighted by Gasteiger charge is 2.35. The van der Waals surface area contributed by atoms with Crippen LogP contribution < -0.4 is 5.32 Å². The van der Waals surface area contributed by atoms with Crippen molar-refractivity contribution >= 4 is 18.3 Å². The number of carbonyl (C=O) groups is 1. The smallest absolute Gasteiger partial charge is 0.256 e. The monoisotopic (exact) mass is 310 g/mol. The number of fused-ring (bicyclic) bond motifs is 1. The summed E-state index contributed by atoms with van der Waals surface area (Å²) < 4.78 is 5.79. The van der Waals surface area contributed by atoms with Crippen LogP contribution >= 0.6 is 12.4 Å². The van der Waals surface area contributed by atoms with Gasteiger partial charge in [-0.3, -0.25) is 4.79 Å². The van der Waals surface area contributed by atoms with Crippen molar-refractivity contribution in [2.75, 3.05) is 19.7 Å². The zero-order valence-electron chi connectivity index (χ0n) is 12.5. The van der Waals surface area contributed by atoms with Gasteiger partial charge in [-0.15, -0.1) is 12.4 Å². The number of carbonyl (C=O) groups excluding carboxylic acids is 1. The standard InChI is InChI=1S/C16H22N2O2.ClH/c1-11-12(2)18(9-8-17-11)16(19)15-14-6-4-3-5-13(14)7-10-20-15;/h3-6,11-12,15,17H,7-10H2,1-2H3;1H. The number of nitrogens with one attached hydrogen (secondary N) is 1. The maximum atomic E-state index is 12.8. The van der Waals surface area contributed by atoms with Crippen molar-refractivity contribution in [1.82, 2.24) is 10.2 Å². The summed E-state index contributed by atoms with van der Waals surface area (Å²) in [5.41, 5.74) is 2.29. The van der Waals surface area contributed by atoms with Crippen LogP contribution in [0.25, 0.3) is 0 Å². The Kier molecular flexibility index (Phi) is 5.25. The molecule has 1 amide bonds. The summed E-state index contributed by atoms with van der Waals surface area (Å²) in [5, 5.41) is 3.40. The number of ether oxygens (including phenoxy) is 1. The lowest BCUT2D eigenvalue weighted by molar-refractivity contribution is -0.149. The van der Waals surface area contributed by atoms with Gasteiger partial charge >= 0.3 is 0 Å². The van der Waals surface area contributed by atoms with Crippen LogP contribution in [0.2, 0.25) is 0 Å². The van der Waals surface area contributed by atoms with E-state index in [2.05, 4.69) is 25.2 Å². The van der Waals surface area contributed by atoms with Gasteiger partial charge in [-0.2, -0.15) is 0 Å². The molecule has 21 heavy (non-hydrogen) atoms. The summed E-state index contributed by atoms with van der Waals surface area (Å²) in [6.45, 7) is 6.46. The summed E-state index contributed by atoms with van der Waals surface area (Å²) in [6, 6.07) is 8.66. The number of hydrogen-bond donors (Lipinski definition) is 1. The van der Waals surface area contributed by atoms with Crippen LogP contribution in [0.15, 0.2) is 24.3 Å². The molecule has 3 unspecified atom stereocenters. The van der Waals surface area contributed by atoms with E-state index >= 15 is 0 Å². The molecule has 116 valence electrons. The number of nitrogens with zero attached hydrogens (tertiary/aromatic N) is 1. The predicted octanol–water partition coefficient (Wildman–Crippen LogP) is 1.93. The van der Waals surface area contributed by atoms with Gasteiger partial charge in [0.05, 0.1) is 6.61 Å². The Morgan fingerprint density at radius 2 is 2.10 bits per heavy atom. The minimum atomic E-state index is -0.423. The van der Waals surface area contributed by atoms with Gasteiger partial charge in [-0.1, -0.05) is 24.3 Å². The van der Waals surface area contributed by atoms with Gasteiger partial charge in [0.25, 0.3) is 5.91 Å². The third-order valence-corrected chi connectivity index (χ3v) is 4.54. The molecule has 0 radical (unpaired) electrons. The molecule has 1 aromatic carbocycles. The average molecular weight is 311 g/mol. The van der Waals surface area contributed by atoms with E-state index in [0.717, 1.165) is 25.1 Å². The second-order valence-corrected chi connectivity index (χ2v) is 5.71. The van der Waals surface area contributed by atoms with Gasteiger partial charge in [0.15, 0.2) is 6.10 Å². The molecule has 0 aromatic heterocycles. The highest BCUT2D eigenvalue weighted by molar-refractivity contribution is 5.85. The van der Waals surface area contributed by atoms with Gasteiger partial charge in [0.1, 0.15) is 0 Å². The molecule has 4 nitrogen and oxygen atoms in total. The number of rotatable bonds is 1. The van der Waals surface area contributed by atoms with E-state index in [-0.39, 0.29) is 24.4 Å². The maximum absolute atomic E-state index is 12.8. The van der Waals surface area contributed by atoms with E-state index in [1.807, 2.05) is 23.1 Å². The molecular weight excluding hydrogens is 288 g/mol. The molecule has 1 fully saturated rings. The van der Waals surface area contributed by atoms with E-state index in [0.29, 0.717) is 12.6 Å². The van der Waals surface area contributed by atoms with Crippen molar-refractivity contribution in [3.05, 3.63) is 35.4 Å². The number of piperazine rings is 1. The van der Waals surface area contributed by atoms with Crippen molar-refractivity contribution in [2.24, 2.45) is 0 Å². The van der Waals surface area contributed by atoms with Crippen LogP contribution in [0.5, 0.6) is 0 Å². The fourth-order valence-electron chi connectivity index (χ4n) is 3.12. The van der Waals surface area contributed by atoms with Crippen LogP contribution in [-0.2, 0) is 16.0 Å². The summed E-state index contributed by atoms with van der Waals surface area (Å²) >= 11 is 0. The molecule has 1 aromatic rings. The zero-order valence-corrected chi connectivity index (χ0v) is 13.4. The van der Waals surface area contributed by atoms with Crippen LogP contribution in [0, 0.1) is 0 Å². The van der Waals surface area contributed by atoms with Crippen molar-refractivity contribution in [3.8, 4) is 0 Å². The SMILES string of the molecule is CC1NCCN(C(=O)C2OCCc3ccccc32)C1C.Cl. The highest BCUT2D eigenvalue weighted by atomic mass is 35.5. The van der Waals surface area contributed by atoms with Gasteiger partial charge in [0, 0.05) is 25.2 Å². The van der Waals surface area contributed by atoms with Gasteiger partial charge in [0.2, 0.25) is 0 Å². The van der Waals surface area contributed by atoms with Crippen LogP contribution in [0.3, 0.4) is 0 Å². The first kappa shape index (κ1) is 16.3. The minimum absolute atomic E-state index is 0. The van der Waals surface area contributed by atoms with E-state index in [4.69, 9.17) is 4.74 Å². The van der Waals surface area contributed by atoms with E-state index in [1.54, 1.807) is 0 Å². The van der Waals surface area contributed by atoms with Gasteiger partial charge in [-0.05, 0) is 31.4 Å². The van der Waals surface area contributed by atoms with Gasteiger partial charge < -0.3 is 15.0 Å². The molecule has 0 saturated carbocycles. The lowest BCUT2D eigenvalue weighted by Gasteiger charge is -2.41. The van der Waals surface area contributed by atoms with Crippen molar-refractivity contribution in [2.45, 2.75) is 38.5 Å². The number of benzene rings is 1. The number of hydrogen-bond acceptors (Lipinski definition) is 3. The normalized spacial score (nSPS) is 28.5. The Hall–Kier alpha value is -1.10. The minimum Gasteiger partial charge on any atom is -0.363 e. The van der Waals surface area contributed by atoms with Gasteiger partial charge in [-0.25, -0.2) is 0 Å². The quantitative estimate of drug-likeness (QED) is 0.862. The zero-order chi connectivity index (χ0) is 14.1. The summed E-state index contributed by atoms with van der Waals surface area (Å²) in [6.07, 6.45) is 0.473. The molecule has 1 N–H and O–H groups in total. The second kappa shape index (κ2) is 6.77. The topological polar surface area (TPSA) is 41.6 Å². The maximum Gasteiger partial charge on any atom is 0.256 e. The molecule has 0 bridgehead atoms. The van der Waals surface area contributed by atoms with Crippen molar-refractivity contribution in [1.29, 1.82) is 0 Å². The predicted molar refractivity (Wildman–Crippen MR) is 84.7 cm³/mol. The number of amides is 1. The first-order valence-electron chi connectivity index (χ1n) is 7.42. The molecule has 5 heteroatoms. The summed E-state index contributed by atoms with van der Waals surface area (Å²) in [7, 11) is 0. The molecule has 0 aliphatic carbocycles. The summed E-state index contributed by atoms with van der Waals surface area (Å²) in [4.78, 5) is 14.8. The molecule has 0 spiro atoms. The fraction of sp³-hybridized carbons (Fsp3) is 0.562. The molecule has 2 aliphatic heterocycles. The number of halogens is 1. The molecule has 2 aliphatic rings. The molecule has 3 rings (SSSR count). The largest absolute Gasteiger partial charge is 0.363 e. The second-order valence-electron chi connectivity index (χ2n) is 5.71. The third kappa shape index (κ3) is 3.07. The van der Waals surface area contributed by atoms with Crippen molar-refractivity contribution < 1.29 is 9.53 Å². The summed E-state index contributed by atoms with van der Waals surface area (Å²) in [5.74, 6) is 0.109. The fourth-order valence-corrected chi connectivity index (χ4v) is 3.12. The Morgan fingerprint density at radius 1 is 1.33 bits per heavy atom. The molecule has 2 heterocycles. The molecule has 3 atom stereocenters. The van der Waals surface area contributed by atoms with E-state index in [9.17, 15) is 4.79 Å². The van der Waals surface area contributed by atoms with E-state index in [1.165, 1.54) is 5.56 Å². The van der Waals surface area contributed by atoms with Crippen LogP contribution in [-0.4, -0.2) is 42.6 Å². The Labute approximate surface area is 132 Å². The molecular formula is C16H23ClN2O2. The molecule has 1 saturated heterocycles. The van der Waals surface area contributed by atoms with Crippen LogP contribution in [0.1, 0.15) is 31.1 Å².